The van der Waals surface area contributed by atoms with Crippen molar-refractivity contribution in [2.75, 3.05) is 13.2 Å². The van der Waals surface area contributed by atoms with Crippen molar-refractivity contribution >= 4 is 11.9 Å². The summed E-state index contributed by atoms with van der Waals surface area (Å²) >= 11 is 0. The van der Waals surface area contributed by atoms with E-state index in [1.54, 1.807) is 18.2 Å². The Labute approximate surface area is 146 Å². The fourth-order valence-corrected chi connectivity index (χ4v) is 2.29. The summed E-state index contributed by atoms with van der Waals surface area (Å²) in [5.74, 6) is -3.14. The number of nitrogens with zero attached hydrogens (tertiary/aromatic N) is 3. The monoisotopic (exact) mass is 366 g/mol. The summed E-state index contributed by atoms with van der Waals surface area (Å²) in [6, 6.07) is 5.28. The molecule has 26 heavy (non-hydrogen) atoms. The summed E-state index contributed by atoms with van der Waals surface area (Å²) in [6.45, 7) is -1.06. The number of nitriles is 3. The van der Waals surface area contributed by atoms with E-state index in [0.29, 0.717) is 36.8 Å². The molecule has 1 N–H and O–H groups in total. The highest BCUT2D eigenvalue weighted by atomic mass is 19.4. The van der Waals surface area contributed by atoms with Crippen molar-refractivity contribution in [3.8, 4) is 18.2 Å². The van der Waals surface area contributed by atoms with E-state index in [1.807, 2.05) is 0 Å². The van der Waals surface area contributed by atoms with Gasteiger partial charge in [-0.05, 0) is 36.8 Å². The zero-order valence-electron chi connectivity index (χ0n) is 13.4. The van der Waals surface area contributed by atoms with Crippen LogP contribution in [0, 0.1) is 34.0 Å². The van der Waals surface area contributed by atoms with E-state index >= 15 is 0 Å². The summed E-state index contributed by atoms with van der Waals surface area (Å²) in [4.78, 5) is 22.5. The average molecular weight is 366 g/mol. The van der Waals surface area contributed by atoms with Crippen molar-refractivity contribution < 1.29 is 27.5 Å². The molecule has 0 radical (unpaired) electrons. The standard InChI is InChI=1S/C16H13F3N4O3/c17-16(18,19)15(25)23-5-6-26-14(24)13(9-22)11-3-1-10(2-4-11)12(7-20)8-21/h1-6H2,(H,23,25). The van der Waals surface area contributed by atoms with E-state index in [0.717, 1.165) is 0 Å². The summed E-state index contributed by atoms with van der Waals surface area (Å²) in [5, 5.41) is 28.3. The second kappa shape index (κ2) is 9.24. The van der Waals surface area contributed by atoms with Gasteiger partial charge in [0.2, 0.25) is 0 Å². The molecule has 1 aliphatic rings. The molecule has 0 spiro atoms. The SMILES string of the molecule is N#CC(C#N)=C1CCC(=C(C#N)C(=O)OCCNC(=O)C(F)(F)F)CC1. The maximum Gasteiger partial charge on any atom is 0.471 e. The van der Waals surface area contributed by atoms with E-state index < -0.39 is 31.2 Å². The average Bonchev–Trinajstić information content (AvgIpc) is 2.60. The van der Waals surface area contributed by atoms with Gasteiger partial charge >= 0.3 is 18.1 Å². The number of carbonyl (C=O) groups excluding carboxylic acids is 2. The molecule has 0 aliphatic heterocycles. The Morgan fingerprint density at radius 3 is 2.00 bits per heavy atom. The third-order valence-electron chi connectivity index (χ3n) is 3.58. The molecule has 0 saturated heterocycles. The maximum atomic E-state index is 12.0. The van der Waals surface area contributed by atoms with Crippen LogP contribution < -0.4 is 5.32 Å². The smallest absolute Gasteiger partial charge is 0.460 e. The van der Waals surface area contributed by atoms with Gasteiger partial charge in [-0.1, -0.05) is 0 Å². The molecule has 0 heterocycles. The van der Waals surface area contributed by atoms with Gasteiger partial charge < -0.3 is 10.1 Å². The lowest BCUT2D eigenvalue weighted by Gasteiger charge is -2.18. The van der Waals surface area contributed by atoms with Crippen LogP contribution in [0.1, 0.15) is 25.7 Å². The molecule has 136 valence electrons. The van der Waals surface area contributed by atoms with E-state index in [9.17, 15) is 22.8 Å². The van der Waals surface area contributed by atoms with Gasteiger partial charge in [-0.3, -0.25) is 4.79 Å². The normalized spacial score (nSPS) is 13.7. The number of allylic oxidation sites excluding steroid dienone is 3. The molecule has 10 heteroatoms. The first-order valence-corrected chi connectivity index (χ1v) is 7.41. The van der Waals surface area contributed by atoms with Crippen LogP contribution in [0.3, 0.4) is 0 Å². The molecule has 1 amide bonds. The maximum absolute atomic E-state index is 12.0. The first-order valence-electron chi connectivity index (χ1n) is 7.41. The molecule has 1 rings (SSSR count). The third-order valence-corrected chi connectivity index (χ3v) is 3.58. The number of alkyl halides is 3. The largest absolute Gasteiger partial charge is 0.471 e. The van der Waals surface area contributed by atoms with Crippen molar-refractivity contribution in [2.24, 2.45) is 0 Å². The van der Waals surface area contributed by atoms with Crippen molar-refractivity contribution in [1.82, 2.24) is 5.32 Å². The number of hydrogen-bond acceptors (Lipinski definition) is 6. The highest BCUT2D eigenvalue weighted by Crippen LogP contribution is 2.31. The van der Waals surface area contributed by atoms with Gasteiger partial charge in [0.15, 0.2) is 0 Å². The van der Waals surface area contributed by atoms with Gasteiger partial charge in [-0.25, -0.2) is 4.79 Å². The van der Waals surface area contributed by atoms with Crippen molar-refractivity contribution in [1.29, 1.82) is 15.8 Å². The van der Waals surface area contributed by atoms with E-state index in [2.05, 4.69) is 0 Å². The first kappa shape index (κ1) is 20.7. The van der Waals surface area contributed by atoms with Crippen molar-refractivity contribution in [3.05, 3.63) is 22.3 Å². The summed E-state index contributed by atoms with van der Waals surface area (Å²) in [5.41, 5.74) is 0.919. The molecule has 0 atom stereocenters. The van der Waals surface area contributed by atoms with Crippen LogP contribution in [0.25, 0.3) is 0 Å². The number of nitrogens with one attached hydrogen (secondary N) is 1. The minimum absolute atomic E-state index is 0.0190. The Hall–Kier alpha value is -3.32. The van der Waals surface area contributed by atoms with Crippen LogP contribution in [-0.2, 0) is 14.3 Å². The van der Waals surface area contributed by atoms with Gasteiger partial charge in [0.1, 0.15) is 36.0 Å². The van der Waals surface area contributed by atoms with Crippen molar-refractivity contribution in [2.45, 2.75) is 31.9 Å². The van der Waals surface area contributed by atoms with Crippen LogP contribution >= 0.6 is 0 Å². The molecular weight excluding hydrogens is 353 g/mol. The number of halogens is 3. The lowest BCUT2D eigenvalue weighted by atomic mass is 9.86. The van der Waals surface area contributed by atoms with Gasteiger partial charge in [-0.2, -0.15) is 29.0 Å². The summed E-state index contributed by atoms with van der Waals surface area (Å²) in [7, 11) is 0. The molecule has 0 aromatic heterocycles. The van der Waals surface area contributed by atoms with Crippen LogP contribution in [0.4, 0.5) is 13.2 Å². The van der Waals surface area contributed by atoms with Gasteiger partial charge in [0.25, 0.3) is 0 Å². The first-order chi connectivity index (χ1) is 12.2. The van der Waals surface area contributed by atoms with Gasteiger partial charge in [0, 0.05) is 0 Å². The van der Waals surface area contributed by atoms with Crippen LogP contribution in [0.5, 0.6) is 0 Å². The molecule has 0 aromatic carbocycles. The number of ether oxygens (including phenoxy) is 1. The topological polar surface area (TPSA) is 127 Å². The van der Waals surface area contributed by atoms with Crippen LogP contribution in [0.2, 0.25) is 0 Å². The quantitative estimate of drug-likeness (QED) is 0.351. The molecule has 1 aliphatic carbocycles. The van der Waals surface area contributed by atoms with E-state index in [1.165, 1.54) is 5.32 Å². The minimum atomic E-state index is -5.02. The zero-order valence-corrected chi connectivity index (χ0v) is 13.4. The number of esters is 1. The van der Waals surface area contributed by atoms with Crippen LogP contribution in [-0.4, -0.2) is 31.2 Å². The van der Waals surface area contributed by atoms with Crippen LogP contribution in [0.15, 0.2) is 22.3 Å². The third kappa shape index (κ3) is 5.64. The summed E-state index contributed by atoms with van der Waals surface area (Å²) in [6.07, 6.45) is -3.73. The van der Waals surface area contributed by atoms with Gasteiger partial charge in [-0.15, -0.1) is 0 Å². The fourth-order valence-electron chi connectivity index (χ4n) is 2.29. The number of rotatable bonds is 4. The molecule has 1 fully saturated rings. The highest BCUT2D eigenvalue weighted by molar-refractivity contribution is 5.93. The molecule has 0 bridgehead atoms. The van der Waals surface area contributed by atoms with Crippen molar-refractivity contribution in [3.63, 3.8) is 0 Å². The second-order valence-electron chi connectivity index (χ2n) is 5.18. The minimum Gasteiger partial charge on any atom is -0.460 e. The molecule has 7 nitrogen and oxygen atoms in total. The Kier molecular flexibility index (Phi) is 7.36. The number of amides is 1. The molecule has 0 unspecified atom stereocenters. The zero-order chi connectivity index (χ0) is 19.7. The Balaban J connectivity index is 2.63. The Morgan fingerprint density at radius 1 is 1.00 bits per heavy atom. The van der Waals surface area contributed by atoms with E-state index in [4.69, 9.17) is 20.5 Å². The number of hydrogen-bond donors (Lipinski definition) is 1. The molecule has 0 aromatic rings. The summed E-state index contributed by atoms with van der Waals surface area (Å²) < 4.78 is 40.7. The highest BCUT2D eigenvalue weighted by Gasteiger charge is 2.38. The predicted molar refractivity (Wildman–Crippen MR) is 79.4 cm³/mol. The number of carbonyl (C=O) groups is 2. The fraction of sp³-hybridized carbons (Fsp3) is 0.438. The Morgan fingerprint density at radius 2 is 1.54 bits per heavy atom. The lowest BCUT2D eigenvalue weighted by molar-refractivity contribution is -0.173. The van der Waals surface area contributed by atoms with Gasteiger partial charge in [0.05, 0.1) is 6.54 Å². The Bertz CT molecular complexity index is 749. The predicted octanol–water partition coefficient (Wildman–Crippen LogP) is 1.95. The molecule has 1 saturated carbocycles. The molecular formula is C16H13F3N4O3. The lowest BCUT2D eigenvalue weighted by Crippen LogP contribution is -2.38. The van der Waals surface area contributed by atoms with E-state index in [-0.39, 0.29) is 11.1 Å². The second-order valence-corrected chi connectivity index (χ2v) is 5.18.